The summed E-state index contributed by atoms with van der Waals surface area (Å²) in [7, 11) is 0. The van der Waals surface area contributed by atoms with Gasteiger partial charge in [-0.2, -0.15) is 4.98 Å². The maximum atomic E-state index is 13.6. The number of rotatable bonds is 3. The van der Waals surface area contributed by atoms with Gasteiger partial charge in [0.1, 0.15) is 5.82 Å². The highest BCUT2D eigenvalue weighted by Crippen LogP contribution is 2.23. The number of halogens is 1. The molecule has 19 heavy (non-hydrogen) atoms. The molecule has 3 rings (SSSR count). The van der Waals surface area contributed by atoms with E-state index in [1.54, 1.807) is 23.6 Å². The molecule has 0 spiro atoms. The summed E-state index contributed by atoms with van der Waals surface area (Å²) in [6, 6.07) is 6.22. The summed E-state index contributed by atoms with van der Waals surface area (Å²) in [6.07, 6.45) is -0.139. The first-order valence-corrected chi connectivity index (χ1v) is 6.33. The van der Waals surface area contributed by atoms with E-state index in [4.69, 9.17) is 5.11 Å². The van der Waals surface area contributed by atoms with Crippen LogP contribution in [0, 0.1) is 5.82 Å². The summed E-state index contributed by atoms with van der Waals surface area (Å²) in [5.41, 5.74) is 0.835. The molecular weight excluding hydrogens is 269 g/mol. The van der Waals surface area contributed by atoms with Crippen molar-refractivity contribution >= 4 is 22.3 Å². The zero-order valence-electron chi connectivity index (χ0n) is 9.58. The van der Waals surface area contributed by atoms with Crippen molar-refractivity contribution in [1.29, 1.82) is 0 Å². The Labute approximate surface area is 111 Å². The van der Waals surface area contributed by atoms with Gasteiger partial charge in [0.05, 0.1) is 17.7 Å². The smallest absolute Gasteiger partial charge is 0.309 e. The Morgan fingerprint density at radius 1 is 1.42 bits per heavy atom. The monoisotopic (exact) mass is 277 g/mol. The Bertz CT molecular complexity index is 765. The number of fused-ring (bicyclic) bond motifs is 1. The van der Waals surface area contributed by atoms with Gasteiger partial charge in [0.2, 0.25) is 4.96 Å². The number of aliphatic carboxylic acids is 1. The highest BCUT2D eigenvalue weighted by molar-refractivity contribution is 7.15. The number of benzene rings is 1. The summed E-state index contributed by atoms with van der Waals surface area (Å²) in [6.45, 7) is 0. The first-order valence-electron chi connectivity index (χ1n) is 5.45. The van der Waals surface area contributed by atoms with Gasteiger partial charge in [-0.1, -0.05) is 12.1 Å². The predicted octanol–water partition coefficient (Wildman–Crippen LogP) is 2.22. The van der Waals surface area contributed by atoms with Crippen LogP contribution in [0.1, 0.15) is 5.69 Å². The highest BCUT2D eigenvalue weighted by Gasteiger charge is 2.15. The average molecular weight is 277 g/mol. The number of hydrogen-bond acceptors (Lipinski definition) is 4. The van der Waals surface area contributed by atoms with Crippen molar-refractivity contribution in [3.63, 3.8) is 0 Å². The molecule has 0 bridgehead atoms. The van der Waals surface area contributed by atoms with Crippen LogP contribution in [0.25, 0.3) is 16.3 Å². The predicted molar refractivity (Wildman–Crippen MR) is 67.6 cm³/mol. The van der Waals surface area contributed by atoms with E-state index in [-0.39, 0.29) is 12.2 Å². The summed E-state index contributed by atoms with van der Waals surface area (Å²) in [5, 5.41) is 14.7. The lowest BCUT2D eigenvalue weighted by molar-refractivity contribution is -0.136. The Hall–Kier alpha value is -2.28. The number of thiazole rings is 1. The van der Waals surface area contributed by atoms with E-state index in [0.717, 1.165) is 0 Å². The molecular formula is C12H8FN3O2S. The standard InChI is InChI=1S/C12H8FN3O2S/c13-9-4-2-1-3-8(9)11-14-12-16(15-11)7(6-19-12)5-10(17)18/h1-4,6H,5H2,(H,17,18). The van der Waals surface area contributed by atoms with Gasteiger partial charge in [0, 0.05) is 5.38 Å². The number of aromatic nitrogens is 3. The van der Waals surface area contributed by atoms with Crippen LogP contribution in [0.15, 0.2) is 29.6 Å². The normalized spacial score (nSPS) is 11.0. The second kappa shape index (κ2) is 4.43. The van der Waals surface area contributed by atoms with E-state index in [9.17, 15) is 9.18 Å². The Kier molecular flexibility index (Phi) is 2.75. The third-order valence-electron chi connectivity index (χ3n) is 2.60. The summed E-state index contributed by atoms with van der Waals surface area (Å²) < 4.78 is 15.1. The molecule has 0 unspecified atom stereocenters. The third kappa shape index (κ3) is 2.08. The van der Waals surface area contributed by atoms with Crippen LogP contribution >= 0.6 is 11.3 Å². The zero-order valence-corrected chi connectivity index (χ0v) is 10.4. The Morgan fingerprint density at radius 3 is 2.95 bits per heavy atom. The van der Waals surface area contributed by atoms with Crippen LogP contribution in [0.4, 0.5) is 4.39 Å². The molecule has 0 aliphatic carbocycles. The van der Waals surface area contributed by atoms with Crippen LogP contribution in [-0.2, 0) is 11.2 Å². The van der Waals surface area contributed by atoms with Gasteiger partial charge in [0.25, 0.3) is 0 Å². The topological polar surface area (TPSA) is 67.5 Å². The van der Waals surface area contributed by atoms with Crippen molar-refractivity contribution in [3.05, 3.63) is 41.2 Å². The number of carboxylic acids is 1. The molecule has 2 heterocycles. The average Bonchev–Trinajstić information content (AvgIpc) is 2.91. The third-order valence-corrected chi connectivity index (χ3v) is 3.46. The molecule has 7 heteroatoms. The minimum atomic E-state index is -0.942. The molecule has 3 aromatic rings. The lowest BCUT2D eigenvalue weighted by Gasteiger charge is -1.96. The molecule has 0 atom stereocenters. The molecule has 1 N–H and O–H groups in total. The minimum absolute atomic E-state index is 0.139. The maximum absolute atomic E-state index is 13.6. The van der Waals surface area contributed by atoms with Crippen LogP contribution in [0.5, 0.6) is 0 Å². The fourth-order valence-electron chi connectivity index (χ4n) is 1.76. The van der Waals surface area contributed by atoms with Gasteiger partial charge >= 0.3 is 5.97 Å². The number of carbonyl (C=O) groups is 1. The molecule has 96 valence electrons. The van der Waals surface area contributed by atoms with Gasteiger partial charge < -0.3 is 5.11 Å². The molecule has 0 amide bonds. The van der Waals surface area contributed by atoms with Crippen LogP contribution in [0.3, 0.4) is 0 Å². The summed E-state index contributed by atoms with van der Waals surface area (Å²) in [4.78, 5) is 15.5. The SMILES string of the molecule is O=C(O)Cc1csc2nc(-c3ccccc3F)nn12. The summed E-state index contributed by atoms with van der Waals surface area (Å²) >= 11 is 1.28. The first-order chi connectivity index (χ1) is 9.15. The lowest BCUT2D eigenvalue weighted by Crippen LogP contribution is -2.03. The Balaban J connectivity index is 2.10. The fourth-order valence-corrected chi connectivity index (χ4v) is 2.58. The quantitative estimate of drug-likeness (QED) is 0.797. The molecule has 5 nitrogen and oxygen atoms in total. The molecule has 0 saturated carbocycles. The van der Waals surface area contributed by atoms with Crippen molar-refractivity contribution in [2.75, 3.05) is 0 Å². The van der Waals surface area contributed by atoms with Crippen molar-refractivity contribution in [3.8, 4) is 11.4 Å². The van der Waals surface area contributed by atoms with Crippen LogP contribution in [-0.4, -0.2) is 25.7 Å². The van der Waals surface area contributed by atoms with Gasteiger partial charge in [-0.15, -0.1) is 16.4 Å². The zero-order chi connectivity index (χ0) is 13.4. The minimum Gasteiger partial charge on any atom is -0.481 e. The maximum Gasteiger partial charge on any atom is 0.309 e. The van der Waals surface area contributed by atoms with Gasteiger partial charge in [0.15, 0.2) is 5.82 Å². The van der Waals surface area contributed by atoms with Gasteiger partial charge in [-0.25, -0.2) is 8.91 Å². The van der Waals surface area contributed by atoms with Crippen molar-refractivity contribution in [1.82, 2.24) is 14.6 Å². The van der Waals surface area contributed by atoms with E-state index in [1.165, 1.54) is 21.9 Å². The van der Waals surface area contributed by atoms with E-state index in [2.05, 4.69) is 10.1 Å². The largest absolute Gasteiger partial charge is 0.481 e. The first kappa shape index (κ1) is 11.8. The Morgan fingerprint density at radius 2 is 2.21 bits per heavy atom. The number of nitrogens with zero attached hydrogens (tertiary/aromatic N) is 3. The van der Waals surface area contributed by atoms with E-state index < -0.39 is 11.8 Å². The second-order valence-corrected chi connectivity index (χ2v) is 4.74. The molecule has 0 aliphatic heterocycles. The van der Waals surface area contributed by atoms with Crippen molar-refractivity contribution in [2.24, 2.45) is 0 Å². The highest BCUT2D eigenvalue weighted by atomic mass is 32.1. The van der Waals surface area contributed by atoms with E-state index in [0.29, 0.717) is 16.2 Å². The molecule has 2 aromatic heterocycles. The van der Waals surface area contributed by atoms with Crippen LogP contribution in [0.2, 0.25) is 0 Å². The molecule has 0 fully saturated rings. The van der Waals surface area contributed by atoms with Gasteiger partial charge in [-0.3, -0.25) is 4.79 Å². The summed E-state index contributed by atoms with van der Waals surface area (Å²) in [5.74, 6) is -1.08. The molecule has 0 radical (unpaired) electrons. The van der Waals surface area contributed by atoms with E-state index in [1.807, 2.05) is 0 Å². The van der Waals surface area contributed by atoms with Crippen LogP contribution < -0.4 is 0 Å². The van der Waals surface area contributed by atoms with E-state index >= 15 is 0 Å². The number of hydrogen-bond donors (Lipinski definition) is 1. The molecule has 0 aliphatic rings. The van der Waals surface area contributed by atoms with Gasteiger partial charge in [-0.05, 0) is 12.1 Å². The van der Waals surface area contributed by atoms with Crippen molar-refractivity contribution < 1.29 is 14.3 Å². The number of carboxylic acid groups (broad SMARTS) is 1. The second-order valence-electron chi connectivity index (χ2n) is 3.91. The molecule has 0 saturated heterocycles. The van der Waals surface area contributed by atoms with Crippen molar-refractivity contribution in [2.45, 2.75) is 6.42 Å². The molecule has 1 aromatic carbocycles. The lowest BCUT2D eigenvalue weighted by atomic mass is 10.2. The fraction of sp³-hybridized carbons (Fsp3) is 0.0833.